The van der Waals surface area contributed by atoms with Gasteiger partial charge in [0.25, 0.3) is 0 Å². The first-order chi connectivity index (χ1) is 8.33. The van der Waals surface area contributed by atoms with Crippen LogP contribution in [-0.4, -0.2) is 63.3 Å². The summed E-state index contributed by atoms with van der Waals surface area (Å²) in [4.78, 5) is 13.8. The van der Waals surface area contributed by atoms with Crippen LogP contribution in [0.15, 0.2) is 0 Å². The third kappa shape index (κ3) is 7.31. The molecule has 1 heterocycles. The molecule has 5 heteroatoms. The molecule has 0 radical (unpaired) electrons. The standard InChI is InChI=1S/C12H25N3O2/c1-2-10-17-11-3-12(16)14-6-9-15-7-4-13-5-8-15/h13H,2-11H2,1H3,(H,14,16). The molecule has 0 atom stereocenters. The predicted octanol–water partition coefficient (Wildman–Crippen LogP) is -0.175. The van der Waals surface area contributed by atoms with Crippen LogP contribution >= 0.6 is 0 Å². The molecule has 1 rings (SSSR count). The van der Waals surface area contributed by atoms with Crippen LogP contribution in [0, 0.1) is 0 Å². The van der Waals surface area contributed by atoms with Crippen molar-refractivity contribution >= 4 is 5.91 Å². The second-order valence-corrected chi connectivity index (χ2v) is 4.30. The zero-order chi connectivity index (χ0) is 12.3. The van der Waals surface area contributed by atoms with E-state index in [0.29, 0.717) is 13.0 Å². The summed E-state index contributed by atoms with van der Waals surface area (Å²) in [6.07, 6.45) is 1.48. The van der Waals surface area contributed by atoms with Gasteiger partial charge in [0.1, 0.15) is 0 Å². The molecule has 0 bridgehead atoms. The normalized spacial score (nSPS) is 17.0. The number of nitrogens with zero attached hydrogens (tertiary/aromatic N) is 1. The third-order valence-corrected chi connectivity index (χ3v) is 2.78. The van der Waals surface area contributed by atoms with Crippen LogP contribution in [0.5, 0.6) is 0 Å². The molecule has 1 fully saturated rings. The largest absolute Gasteiger partial charge is 0.381 e. The Balaban J connectivity index is 1.92. The molecule has 1 aliphatic rings. The zero-order valence-corrected chi connectivity index (χ0v) is 10.8. The highest BCUT2D eigenvalue weighted by Crippen LogP contribution is 1.90. The molecule has 2 N–H and O–H groups in total. The van der Waals surface area contributed by atoms with Gasteiger partial charge in [0.2, 0.25) is 5.91 Å². The zero-order valence-electron chi connectivity index (χ0n) is 10.8. The SMILES string of the molecule is CCCOCCC(=O)NCCN1CCNCC1. The highest BCUT2D eigenvalue weighted by Gasteiger charge is 2.09. The van der Waals surface area contributed by atoms with Crippen molar-refractivity contribution in [1.29, 1.82) is 0 Å². The second-order valence-electron chi connectivity index (χ2n) is 4.30. The van der Waals surface area contributed by atoms with Crippen LogP contribution in [0.4, 0.5) is 0 Å². The van der Waals surface area contributed by atoms with Crippen molar-refractivity contribution in [3.05, 3.63) is 0 Å². The fourth-order valence-electron chi connectivity index (χ4n) is 1.79. The lowest BCUT2D eigenvalue weighted by Gasteiger charge is -2.27. The minimum atomic E-state index is 0.0937. The Bertz CT molecular complexity index is 206. The van der Waals surface area contributed by atoms with Gasteiger partial charge in [0, 0.05) is 52.3 Å². The predicted molar refractivity (Wildman–Crippen MR) is 68.0 cm³/mol. The summed E-state index contributed by atoms with van der Waals surface area (Å²) in [6.45, 7) is 9.30. The van der Waals surface area contributed by atoms with Gasteiger partial charge in [-0.1, -0.05) is 6.92 Å². The van der Waals surface area contributed by atoms with Crippen LogP contribution in [0.1, 0.15) is 19.8 Å². The van der Waals surface area contributed by atoms with Gasteiger partial charge in [-0.3, -0.25) is 9.69 Å². The van der Waals surface area contributed by atoms with Crippen LogP contribution in [0.25, 0.3) is 0 Å². The van der Waals surface area contributed by atoms with Crippen molar-refractivity contribution in [2.24, 2.45) is 0 Å². The molecular weight excluding hydrogens is 218 g/mol. The Kier molecular flexibility index (Phi) is 7.96. The average molecular weight is 243 g/mol. The molecule has 0 aromatic heterocycles. The molecule has 0 aromatic rings. The lowest BCUT2D eigenvalue weighted by Crippen LogP contribution is -2.46. The molecule has 0 aliphatic carbocycles. The Morgan fingerprint density at radius 1 is 1.35 bits per heavy atom. The number of rotatable bonds is 8. The molecule has 0 saturated carbocycles. The molecule has 1 amide bonds. The van der Waals surface area contributed by atoms with Crippen LogP contribution < -0.4 is 10.6 Å². The van der Waals surface area contributed by atoms with Gasteiger partial charge in [0.15, 0.2) is 0 Å². The van der Waals surface area contributed by atoms with Crippen LogP contribution in [0.3, 0.4) is 0 Å². The Morgan fingerprint density at radius 2 is 2.12 bits per heavy atom. The number of hydrogen-bond acceptors (Lipinski definition) is 4. The summed E-state index contributed by atoms with van der Waals surface area (Å²) in [6, 6.07) is 0. The van der Waals surface area contributed by atoms with Crippen molar-refractivity contribution in [1.82, 2.24) is 15.5 Å². The van der Waals surface area contributed by atoms with Gasteiger partial charge in [-0.05, 0) is 6.42 Å². The fraction of sp³-hybridized carbons (Fsp3) is 0.917. The lowest BCUT2D eigenvalue weighted by atomic mass is 10.3. The van der Waals surface area contributed by atoms with Crippen LogP contribution in [0.2, 0.25) is 0 Å². The molecule has 5 nitrogen and oxygen atoms in total. The monoisotopic (exact) mass is 243 g/mol. The van der Waals surface area contributed by atoms with Gasteiger partial charge >= 0.3 is 0 Å². The minimum Gasteiger partial charge on any atom is -0.381 e. The van der Waals surface area contributed by atoms with E-state index in [1.165, 1.54) is 0 Å². The van der Waals surface area contributed by atoms with Crippen molar-refractivity contribution in [2.75, 3.05) is 52.5 Å². The Hall–Kier alpha value is -0.650. The second kappa shape index (κ2) is 9.39. The molecule has 1 saturated heterocycles. The van der Waals surface area contributed by atoms with Gasteiger partial charge in [-0.2, -0.15) is 0 Å². The first-order valence-electron chi connectivity index (χ1n) is 6.60. The lowest BCUT2D eigenvalue weighted by molar-refractivity contribution is -0.122. The average Bonchev–Trinajstić information content (AvgIpc) is 2.36. The molecule has 100 valence electrons. The number of amides is 1. The van der Waals surface area contributed by atoms with E-state index >= 15 is 0 Å². The Labute approximate surface area is 104 Å². The van der Waals surface area contributed by atoms with Crippen molar-refractivity contribution in [3.63, 3.8) is 0 Å². The molecule has 17 heavy (non-hydrogen) atoms. The van der Waals surface area contributed by atoms with E-state index in [-0.39, 0.29) is 5.91 Å². The summed E-state index contributed by atoms with van der Waals surface area (Å²) >= 11 is 0. The Morgan fingerprint density at radius 3 is 2.82 bits per heavy atom. The van der Waals surface area contributed by atoms with E-state index < -0.39 is 0 Å². The smallest absolute Gasteiger partial charge is 0.222 e. The van der Waals surface area contributed by atoms with E-state index in [1.807, 2.05) is 0 Å². The quantitative estimate of drug-likeness (QED) is 0.581. The van der Waals surface area contributed by atoms with Crippen molar-refractivity contribution < 1.29 is 9.53 Å². The van der Waals surface area contributed by atoms with Gasteiger partial charge in [-0.15, -0.1) is 0 Å². The van der Waals surface area contributed by atoms with E-state index in [4.69, 9.17) is 4.74 Å². The summed E-state index contributed by atoms with van der Waals surface area (Å²) in [7, 11) is 0. The number of hydrogen-bond donors (Lipinski definition) is 2. The van der Waals surface area contributed by atoms with E-state index in [1.54, 1.807) is 0 Å². The summed E-state index contributed by atoms with van der Waals surface area (Å²) in [5.41, 5.74) is 0. The summed E-state index contributed by atoms with van der Waals surface area (Å²) in [5.74, 6) is 0.0937. The summed E-state index contributed by atoms with van der Waals surface area (Å²) in [5, 5.41) is 6.23. The number of ether oxygens (including phenoxy) is 1. The minimum absolute atomic E-state index is 0.0937. The maximum Gasteiger partial charge on any atom is 0.222 e. The van der Waals surface area contributed by atoms with E-state index in [2.05, 4.69) is 22.5 Å². The number of piperazine rings is 1. The first-order valence-corrected chi connectivity index (χ1v) is 6.60. The number of carbonyl (C=O) groups excluding carboxylic acids is 1. The third-order valence-electron chi connectivity index (χ3n) is 2.78. The molecule has 0 spiro atoms. The summed E-state index contributed by atoms with van der Waals surface area (Å²) < 4.78 is 5.27. The fourth-order valence-corrected chi connectivity index (χ4v) is 1.79. The molecule has 1 aliphatic heterocycles. The molecule has 0 unspecified atom stereocenters. The van der Waals surface area contributed by atoms with Crippen molar-refractivity contribution in [3.8, 4) is 0 Å². The number of carbonyl (C=O) groups is 1. The van der Waals surface area contributed by atoms with Gasteiger partial charge < -0.3 is 15.4 Å². The maximum absolute atomic E-state index is 11.4. The van der Waals surface area contributed by atoms with Gasteiger partial charge in [0.05, 0.1) is 6.61 Å². The van der Waals surface area contributed by atoms with E-state index in [0.717, 1.165) is 52.3 Å². The highest BCUT2D eigenvalue weighted by molar-refractivity contribution is 5.75. The molecular formula is C12H25N3O2. The molecule has 0 aromatic carbocycles. The topological polar surface area (TPSA) is 53.6 Å². The highest BCUT2D eigenvalue weighted by atomic mass is 16.5. The first kappa shape index (κ1) is 14.4. The van der Waals surface area contributed by atoms with Gasteiger partial charge in [-0.25, -0.2) is 0 Å². The van der Waals surface area contributed by atoms with Crippen LogP contribution in [-0.2, 0) is 9.53 Å². The van der Waals surface area contributed by atoms with E-state index in [9.17, 15) is 4.79 Å². The maximum atomic E-state index is 11.4. The van der Waals surface area contributed by atoms with Crippen molar-refractivity contribution in [2.45, 2.75) is 19.8 Å². The number of nitrogens with one attached hydrogen (secondary N) is 2.